The maximum atomic E-state index is 10.9. The van der Waals surface area contributed by atoms with Gasteiger partial charge in [-0.15, -0.1) is 0 Å². The minimum absolute atomic E-state index is 0.00426. The van der Waals surface area contributed by atoms with Crippen LogP contribution in [-0.4, -0.2) is 5.78 Å². The molecule has 1 aromatic carbocycles. The van der Waals surface area contributed by atoms with Crippen LogP contribution in [0.15, 0.2) is 18.2 Å². The maximum absolute atomic E-state index is 10.9. The monoisotopic (exact) mass is 193 g/mol. The third-order valence-corrected chi connectivity index (χ3v) is 2.02. The van der Waals surface area contributed by atoms with Gasteiger partial charge in [-0.2, -0.15) is 5.26 Å². The summed E-state index contributed by atoms with van der Waals surface area (Å²) in [5, 5.41) is 9.22. The van der Waals surface area contributed by atoms with E-state index in [-0.39, 0.29) is 12.2 Å². The highest BCUT2D eigenvalue weighted by atomic mass is 35.5. The van der Waals surface area contributed by atoms with Gasteiger partial charge in [0.1, 0.15) is 5.78 Å². The van der Waals surface area contributed by atoms with E-state index in [1.54, 1.807) is 18.2 Å². The molecule has 0 aliphatic carbocycles. The fourth-order valence-corrected chi connectivity index (χ4v) is 1.33. The molecule has 1 rings (SSSR count). The number of ketones is 1. The molecule has 0 spiro atoms. The highest BCUT2D eigenvalue weighted by Crippen LogP contribution is 2.20. The van der Waals surface area contributed by atoms with Gasteiger partial charge in [0.15, 0.2) is 0 Å². The predicted molar refractivity (Wildman–Crippen MR) is 50.6 cm³/mol. The smallest absolute Gasteiger partial charge is 0.134 e. The highest BCUT2D eigenvalue weighted by Gasteiger charge is 2.08. The second kappa shape index (κ2) is 4.06. The number of nitriles is 1. The van der Waals surface area contributed by atoms with E-state index < -0.39 is 0 Å². The first-order valence-electron chi connectivity index (χ1n) is 3.82. The fourth-order valence-electron chi connectivity index (χ4n) is 1.09. The molecule has 0 radical (unpaired) electrons. The summed E-state index contributed by atoms with van der Waals surface area (Å²) in [5.41, 5.74) is 1.10. The van der Waals surface area contributed by atoms with E-state index in [1.807, 2.05) is 6.07 Å². The van der Waals surface area contributed by atoms with Gasteiger partial charge in [-0.1, -0.05) is 17.7 Å². The van der Waals surface area contributed by atoms with E-state index in [2.05, 4.69) is 0 Å². The van der Waals surface area contributed by atoms with Crippen molar-refractivity contribution in [2.75, 3.05) is 0 Å². The molecule has 13 heavy (non-hydrogen) atoms. The van der Waals surface area contributed by atoms with E-state index in [0.29, 0.717) is 16.1 Å². The first kappa shape index (κ1) is 9.76. The van der Waals surface area contributed by atoms with Crippen molar-refractivity contribution in [2.24, 2.45) is 0 Å². The van der Waals surface area contributed by atoms with Gasteiger partial charge in [-0.3, -0.25) is 4.79 Å². The number of Topliss-reactive ketones (excluding diaryl/α,β-unsaturated/α-hetero) is 1. The molecule has 66 valence electrons. The van der Waals surface area contributed by atoms with Crippen LogP contribution < -0.4 is 0 Å². The third kappa shape index (κ3) is 2.30. The lowest BCUT2D eigenvalue weighted by molar-refractivity contribution is -0.116. The van der Waals surface area contributed by atoms with E-state index >= 15 is 0 Å². The Bertz CT molecular complexity index is 379. The molecule has 0 aliphatic heterocycles. The maximum Gasteiger partial charge on any atom is 0.134 e. The molecule has 3 heteroatoms. The zero-order valence-electron chi connectivity index (χ0n) is 7.17. The summed E-state index contributed by atoms with van der Waals surface area (Å²) in [6, 6.07) is 7.04. The highest BCUT2D eigenvalue weighted by molar-refractivity contribution is 6.31. The Morgan fingerprint density at radius 3 is 2.85 bits per heavy atom. The largest absolute Gasteiger partial charge is 0.300 e. The number of carbonyl (C=O) groups excluding carboxylic acids is 1. The van der Waals surface area contributed by atoms with Crippen LogP contribution in [0.1, 0.15) is 18.1 Å². The number of hydrogen-bond acceptors (Lipinski definition) is 2. The molecule has 0 heterocycles. The van der Waals surface area contributed by atoms with Crippen molar-refractivity contribution in [2.45, 2.75) is 13.3 Å². The van der Waals surface area contributed by atoms with Crippen molar-refractivity contribution in [3.05, 3.63) is 34.3 Å². The van der Waals surface area contributed by atoms with Crippen LogP contribution in [0.3, 0.4) is 0 Å². The lowest BCUT2D eigenvalue weighted by Gasteiger charge is -2.02. The Hall–Kier alpha value is -1.33. The van der Waals surface area contributed by atoms with Crippen molar-refractivity contribution in [3.63, 3.8) is 0 Å². The molecular weight excluding hydrogens is 186 g/mol. The molecule has 0 unspecified atom stereocenters. The zero-order valence-corrected chi connectivity index (χ0v) is 7.93. The Morgan fingerprint density at radius 1 is 1.62 bits per heavy atom. The Kier molecular flexibility index (Phi) is 3.05. The molecule has 2 nitrogen and oxygen atoms in total. The van der Waals surface area contributed by atoms with Gasteiger partial charge in [0, 0.05) is 11.4 Å². The molecule has 0 N–H and O–H groups in total. The number of carbonyl (C=O) groups is 1. The van der Waals surface area contributed by atoms with Crippen molar-refractivity contribution < 1.29 is 4.79 Å². The van der Waals surface area contributed by atoms with Gasteiger partial charge in [-0.25, -0.2) is 0 Å². The molecule has 0 amide bonds. The minimum atomic E-state index is 0.00426. The lowest BCUT2D eigenvalue weighted by Crippen LogP contribution is -1.99. The quantitative estimate of drug-likeness (QED) is 0.724. The molecule has 1 aromatic rings. The Balaban J connectivity index is 3.17. The number of benzene rings is 1. The topological polar surface area (TPSA) is 40.9 Å². The average molecular weight is 194 g/mol. The van der Waals surface area contributed by atoms with E-state index in [1.165, 1.54) is 6.92 Å². The minimum Gasteiger partial charge on any atom is -0.300 e. The first-order valence-corrected chi connectivity index (χ1v) is 4.20. The van der Waals surface area contributed by atoms with Crippen molar-refractivity contribution >= 4 is 17.4 Å². The molecule has 0 aromatic heterocycles. The van der Waals surface area contributed by atoms with Crippen LogP contribution in [0.25, 0.3) is 0 Å². The second-order valence-corrected chi connectivity index (χ2v) is 3.16. The molecular formula is C10H8ClNO. The number of rotatable bonds is 2. The fraction of sp³-hybridized carbons (Fsp3) is 0.200. The summed E-state index contributed by atoms with van der Waals surface area (Å²) in [4.78, 5) is 10.9. The van der Waals surface area contributed by atoms with Gasteiger partial charge in [0.2, 0.25) is 0 Å². The van der Waals surface area contributed by atoms with Gasteiger partial charge >= 0.3 is 0 Å². The predicted octanol–water partition coefficient (Wildman–Crippen LogP) is 2.34. The van der Waals surface area contributed by atoms with E-state index in [4.69, 9.17) is 16.9 Å². The number of halogens is 1. The Labute approximate surface area is 81.7 Å². The third-order valence-electron chi connectivity index (χ3n) is 1.67. The summed E-state index contributed by atoms with van der Waals surface area (Å²) < 4.78 is 0. The molecule has 0 saturated heterocycles. The summed E-state index contributed by atoms with van der Waals surface area (Å²) in [6.45, 7) is 1.48. The van der Waals surface area contributed by atoms with Gasteiger partial charge < -0.3 is 0 Å². The molecule has 0 aliphatic rings. The van der Waals surface area contributed by atoms with Gasteiger partial charge in [0.05, 0.1) is 11.6 Å². The molecule has 0 atom stereocenters. The SMILES string of the molecule is CC(=O)Cc1c(Cl)cccc1C#N. The van der Waals surface area contributed by atoms with Crippen LogP contribution in [0.4, 0.5) is 0 Å². The van der Waals surface area contributed by atoms with Crippen molar-refractivity contribution in [1.82, 2.24) is 0 Å². The zero-order chi connectivity index (χ0) is 9.84. The van der Waals surface area contributed by atoms with Crippen LogP contribution in [0.5, 0.6) is 0 Å². The second-order valence-electron chi connectivity index (χ2n) is 2.76. The van der Waals surface area contributed by atoms with E-state index in [0.717, 1.165) is 0 Å². The average Bonchev–Trinajstić information content (AvgIpc) is 2.08. The van der Waals surface area contributed by atoms with Crippen LogP contribution in [0, 0.1) is 11.3 Å². The summed E-state index contributed by atoms with van der Waals surface area (Å²) in [7, 11) is 0. The van der Waals surface area contributed by atoms with Crippen molar-refractivity contribution in [1.29, 1.82) is 5.26 Å². The summed E-state index contributed by atoms with van der Waals surface area (Å²) in [6.07, 6.45) is 0.225. The number of nitrogens with zero attached hydrogens (tertiary/aromatic N) is 1. The first-order chi connectivity index (χ1) is 6.15. The van der Waals surface area contributed by atoms with Crippen LogP contribution in [-0.2, 0) is 11.2 Å². The standard InChI is InChI=1S/C10H8ClNO/c1-7(13)5-9-8(6-12)3-2-4-10(9)11/h2-4H,5H2,1H3. The molecule has 0 fully saturated rings. The van der Waals surface area contributed by atoms with Gasteiger partial charge in [0.25, 0.3) is 0 Å². The van der Waals surface area contributed by atoms with Crippen molar-refractivity contribution in [3.8, 4) is 6.07 Å². The Morgan fingerprint density at radius 2 is 2.31 bits per heavy atom. The summed E-state index contributed by atoms with van der Waals surface area (Å²) >= 11 is 5.85. The lowest BCUT2D eigenvalue weighted by atomic mass is 10.0. The molecule has 0 bridgehead atoms. The van der Waals surface area contributed by atoms with Gasteiger partial charge in [-0.05, 0) is 24.6 Å². The molecule has 0 saturated carbocycles. The number of hydrogen-bond donors (Lipinski definition) is 0. The van der Waals surface area contributed by atoms with Crippen LogP contribution >= 0.6 is 11.6 Å². The normalized spacial score (nSPS) is 9.31. The van der Waals surface area contributed by atoms with E-state index in [9.17, 15) is 4.79 Å². The van der Waals surface area contributed by atoms with Crippen LogP contribution in [0.2, 0.25) is 5.02 Å². The summed E-state index contributed by atoms with van der Waals surface area (Å²) in [5.74, 6) is 0.00426.